The van der Waals surface area contributed by atoms with Crippen molar-refractivity contribution >= 4 is 0 Å². The molecule has 7 nitrogen and oxygen atoms in total. The molecule has 0 radical (unpaired) electrons. The second-order valence-corrected chi connectivity index (χ2v) is 5.13. The van der Waals surface area contributed by atoms with E-state index in [4.69, 9.17) is 19.6 Å². The van der Waals surface area contributed by atoms with Crippen LogP contribution in [0.25, 0.3) is 0 Å². The number of nitrogens with two attached hydrogens (primary N) is 1. The molecule has 0 saturated carbocycles. The number of aliphatic hydroxyl groups excluding tert-OH is 1. The summed E-state index contributed by atoms with van der Waals surface area (Å²) in [6.45, 7) is -0.450. The summed E-state index contributed by atoms with van der Waals surface area (Å²) < 4.78 is 16.1. The topological polar surface area (TPSA) is 119 Å². The summed E-state index contributed by atoms with van der Waals surface area (Å²) >= 11 is 0. The van der Waals surface area contributed by atoms with Gasteiger partial charge in [0.05, 0.1) is 13.0 Å². The third-order valence-corrected chi connectivity index (χ3v) is 3.71. The number of benzene rings is 1. The molecule has 2 heterocycles. The number of allylic oxidation sites excluding steroid dienone is 1. The molecule has 122 valence electrons. The summed E-state index contributed by atoms with van der Waals surface area (Å²) in [5.41, 5.74) is 6.11. The fourth-order valence-electron chi connectivity index (χ4n) is 2.62. The largest absolute Gasteiger partial charge is 0.497 e. The zero-order valence-corrected chi connectivity index (χ0v) is 12.8. The predicted molar refractivity (Wildman–Crippen MR) is 83.2 cm³/mol. The summed E-state index contributed by atoms with van der Waals surface area (Å²) in [6.07, 6.45) is 0. The number of rotatable bonds is 3. The maximum absolute atomic E-state index is 12.2. The monoisotopic (exact) mass is 326 g/mol. The van der Waals surface area contributed by atoms with E-state index in [-0.39, 0.29) is 28.7 Å². The highest BCUT2D eigenvalue weighted by atomic mass is 16.5. The van der Waals surface area contributed by atoms with Gasteiger partial charge in [-0.2, -0.15) is 5.26 Å². The van der Waals surface area contributed by atoms with Gasteiger partial charge in [-0.15, -0.1) is 0 Å². The number of nitrogens with zero attached hydrogens (tertiary/aromatic N) is 1. The van der Waals surface area contributed by atoms with Gasteiger partial charge in [0.15, 0.2) is 5.76 Å². The van der Waals surface area contributed by atoms with Gasteiger partial charge in [-0.25, -0.2) is 0 Å². The first-order chi connectivity index (χ1) is 11.6. The number of hydrogen-bond donors (Lipinski definition) is 2. The lowest BCUT2D eigenvalue weighted by molar-refractivity contribution is 0.231. The Kier molecular flexibility index (Phi) is 3.98. The Morgan fingerprint density at radius 2 is 2.21 bits per heavy atom. The second-order valence-electron chi connectivity index (χ2n) is 5.13. The molecule has 1 atom stereocenters. The van der Waals surface area contributed by atoms with Crippen molar-refractivity contribution in [2.75, 3.05) is 7.11 Å². The van der Waals surface area contributed by atoms with Crippen LogP contribution in [0.1, 0.15) is 23.0 Å². The normalized spacial score (nSPS) is 16.1. The van der Waals surface area contributed by atoms with Crippen molar-refractivity contribution in [1.29, 1.82) is 5.26 Å². The van der Waals surface area contributed by atoms with E-state index in [1.165, 1.54) is 7.11 Å². The lowest BCUT2D eigenvalue weighted by Gasteiger charge is -2.25. The smallest absolute Gasteiger partial charge is 0.228 e. The van der Waals surface area contributed by atoms with Gasteiger partial charge in [-0.05, 0) is 17.7 Å². The summed E-state index contributed by atoms with van der Waals surface area (Å²) in [5, 5.41) is 18.8. The molecule has 0 spiro atoms. The van der Waals surface area contributed by atoms with E-state index in [1.807, 2.05) is 6.07 Å². The van der Waals surface area contributed by atoms with Crippen LogP contribution in [0.5, 0.6) is 11.5 Å². The first kappa shape index (κ1) is 15.6. The van der Waals surface area contributed by atoms with Crippen LogP contribution in [-0.4, -0.2) is 12.2 Å². The van der Waals surface area contributed by atoms with Crippen molar-refractivity contribution in [2.24, 2.45) is 5.73 Å². The maximum atomic E-state index is 12.2. The molecule has 24 heavy (non-hydrogen) atoms. The minimum Gasteiger partial charge on any atom is -0.497 e. The molecule has 1 aromatic carbocycles. The SMILES string of the molecule is COc1cccc([C@@H]2C(C#N)=C(N)Oc3c2oc(CO)cc3=O)c1. The van der Waals surface area contributed by atoms with Crippen molar-refractivity contribution in [1.82, 2.24) is 0 Å². The van der Waals surface area contributed by atoms with Gasteiger partial charge in [0, 0.05) is 6.07 Å². The van der Waals surface area contributed by atoms with E-state index in [0.717, 1.165) is 6.07 Å². The Balaban J connectivity index is 2.28. The quantitative estimate of drug-likeness (QED) is 0.874. The number of methoxy groups -OCH3 is 1. The summed E-state index contributed by atoms with van der Waals surface area (Å²) in [4.78, 5) is 12.2. The molecule has 0 fully saturated rings. The van der Waals surface area contributed by atoms with Gasteiger partial charge < -0.3 is 24.7 Å². The molecule has 1 aromatic heterocycles. The standard InChI is InChI=1S/C17H14N2O5/c1-22-10-4-2-3-9(5-10)14-12(7-18)17(19)24-15-13(21)6-11(8-20)23-16(14)15/h2-6,14,20H,8,19H2,1H3/t14-/m1/s1. The highest BCUT2D eigenvalue weighted by Gasteiger charge is 2.35. The van der Waals surface area contributed by atoms with Crippen LogP contribution < -0.4 is 20.6 Å². The summed E-state index contributed by atoms with van der Waals surface area (Å²) in [6, 6.07) is 10.1. The van der Waals surface area contributed by atoms with E-state index in [9.17, 15) is 15.2 Å². The molecule has 0 saturated heterocycles. The molecule has 2 aromatic rings. The Labute approximate surface area is 137 Å². The number of hydrogen-bond acceptors (Lipinski definition) is 7. The molecular formula is C17H14N2O5. The second kappa shape index (κ2) is 6.10. The molecule has 0 unspecified atom stereocenters. The third kappa shape index (κ3) is 2.49. The average Bonchev–Trinajstić information content (AvgIpc) is 2.61. The van der Waals surface area contributed by atoms with E-state index in [1.54, 1.807) is 24.3 Å². The Bertz CT molecular complexity index is 923. The van der Waals surface area contributed by atoms with Crippen molar-refractivity contribution < 1.29 is 19.0 Å². The van der Waals surface area contributed by atoms with Crippen molar-refractivity contribution in [3.63, 3.8) is 0 Å². The summed E-state index contributed by atoms with van der Waals surface area (Å²) in [7, 11) is 1.52. The first-order valence-corrected chi connectivity index (χ1v) is 7.08. The molecule has 3 N–H and O–H groups in total. The lowest BCUT2D eigenvalue weighted by atomic mass is 9.87. The van der Waals surface area contributed by atoms with E-state index in [0.29, 0.717) is 11.3 Å². The molecule has 0 amide bonds. The van der Waals surface area contributed by atoms with Gasteiger partial charge in [0.1, 0.15) is 29.8 Å². The lowest BCUT2D eigenvalue weighted by Crippen LogP contribution is -2.25. The predicted octanol–water partition coefficient (Wildman–Crippen LogP) is 1.36. The Morgan fingerprint density at radius 3 is 2.88 bits per heavy atom. The zero-order chi connectivity index (χ0) is 17.3. The van der Waals surface area contributed by atoms with E-state index in [2.05, 4.69) is 0 Å². The molecule has 1 aliphatic rings. The average molecular weight is 326 g/mol. The van der Waals surface area contributed by atoms with Crippen LogP contribution in [0.2, 0.25) is 0 Å². The molecule has 7 heteroatoms. The van der Waals surface area contributed by atoms with Crippen LogP contribution in [-0.2, 0) is 6.61 Å². The van der Waals surface area contributed by atoms with E-state index < -0.39 is 18.0 Å². The number of fused-ring (bicyclic) bond motifs is 1. The van der Waals surface area contributed by atoms with Crippen LogP contribution in [0.15, 0.2) is 51.0 Å². The molecular weight excluding hydrogens is 312 g/mol. The third-order valence-electron chi connectivity index (χ3n) is 3.71. The molecule has 3 rings (SSSR count). The molecule has 0 aliphatic carbocycles. The van der Waals surface area contributed by atoms with Gasteiger partial charge in [0.2, 0.25) is 17.1 Å². The van der Waals surface area contributed by atoms with Crippen LogP contribution in [0.4, 0.5) is 0 Å². The number of nitriles is 1. The first-order valence-electron chi connectivity index (χ1n) is 7.08. The fourth-order valence-corrected chi connectivity index (χ4v) is 2.62. The van der Waals surface area contributed by atoms with Crippen molar-refractivity contribution in [3.8, 4) is 17.6 Å². The van der Waals surface area contributed by atoms with Gasteiger partial charge >= 0.3 is 0 Å². The highest BCUT2D eigenvalue weighted by molar-refractivity contribution is 5.52. The molecule has 0 bridgehead atoms. The van der Waals surface area contributed by atoms with Gasteiger partial charge in [0.25, 0.3) is 0 Å². The minimum atomic E-state index is -0.729. The van der Waals surface area contributed by atoms with Crippen molar-refractivity contribution in [3.05, 3.63) is 69.1 Å². The number of ether oxygens (including phenoxy) is 2. The zero-order valence-electron chi connectivity index (χ0n) is 12.8. The summed E-state index contributed by atoms with van der Waals surface area (Å²) in [5.74, 6) is -0.179. The fraction of sp³-hybridized carbons (Fsp3) is 0.176. The van der Waals surface area contributed by atoms with E-state index >= 15 is 0 Å². The Hall–Kier alpha value is -3.24. The maximum Gasteiger partial charge on any atom is 0.228 e. The van der Waals surface area contributed by atoms with Crippen LogP contribution in [0.3, 0.4) is 0 Å². The van der Waals surface area contributed by atoms with Gasteiger partial charge in [-0.1, -0.05) is 12.1 Å². The van der Waals surface area contributed by atoms with Gasteiger partial charge in [-0.3, -0.25) is 4.79 Å². The highest BCUT2D eigenvalue weighted by Crippen LogP contribution is 2.41. The Morgan fingerprint density at radius 1 is 1.42 bits per heavy atom. The van der Waals surface area contributed by atoms with Crippen LogP contribution >= 0.6 is 0 Å². The minimum absolute atomic E-state index is 0.0769. The van der Waals surface area contributed by atoms with Crippen LogP contribution in [0, 0.1) is 11.3 Å². The molecule has 1 aliphatic heterocycles. The number of aliphatic hydroxyl groups is 1. The van der Waals surface area contributed by atoms with Crippen molar-refractivity contribution in [2.45, 2.75) is 12.5 Å².